The molecule has 0 radical (unpaired) electrons. The van der Waals surface area contributed by atoms with Crippen LogP contribution < -0.4 is 15.4 Å². The second-order valence-corrected chi connectivity index (χ2v) is 8.61. The number of aliphatic hydroxyl groups is 1. The number of nitrogens with zero attached hydrogens (tertiary/aromatic N) is 3. The number of piperidine rings is 1. The summed E-state index contributed by atoms with van der Waals surface area (Å²) in [6, 6.07) is 9.67. The molecule has 4 N–H and O–H groups in total. The zero-order chi connectivity index (χ0) is 23.1. The van der Waals surface area contributed by atoms with Crippen LogP contribution in [0, 0.1) is 5.82 Å². The third-order valence-electron chi connectivity index (χ3n) is 5.98. The number of H-pyrrole nitrogens is 1. The van der Waals surface area contributed by atoms with Gasteiger partial charge in [0, 0.05) is 48.2 Å². The molecular formula is C24H23ClFN5O2. The van der Waals surface area contributed by atoms with Crippen LogP contribution in [0.3, 0.4) is 0 Å². The summed E-state index contributed by atoms with van der Waals surface area (Å²) in [5.74, 6) is 0.588. The number of benzene rings is 2. The minimum absolute atomic E-state index is 0.294. The summed E-state index contributed by atoms with van der Waals surface area (Å²) in [5, 5.41) is 11.1. The van der Waals surface area contributed by atoms with Crippen LogP contribution in [0.1, 0.15) is 6.42 Å². The molecule has 1 fully saturated rings. The quantitative estimate of drug-likeness (QED) is 0.419. The number of anilines is 1. The van der Waals surface area contributed by atoms with Gasteiger partial charge in [0.1, 0.15) is 17.4 Å². The number of pyridine rings is 1. The van der Waals surface area contributed by atoms with E-state index in [1.54, 1.807) is 24.5 Å². The van der Waals surface area contributed by atoms with Crippen molar-refractivity contribution in [1.29, 1.82) is 0 Å². The normalized spacial score (nSPS) is 18.6. The maximum atomic E-state index is 14.4. The van der Waals surface area contributed by atoms with Crippen molar-refractivity contribution >= 4 is 28.3 Å². The SMILES string of the molecule is COc1cc(F)cc(-c2cncc(-c3nc4ccc(Cl)cc4[nH]3)c2N2CCC(N)C(O)C2)c1. The topological polar surface area (TPSA) is 100 Å². The molecule has 4 aromatic rings. The summed E-state index contributed by atoms with van der Waals surface area (Å²) in [7, 11) is 1.50. The standard InChI is InChI=1S/C24H23ClFN5O2/c1-33-16-7-13(6-15(26)9-16)17-10-28-11-18(23(17)31-5-4-19(27)22(32)12-31)24-29-20-3-2-14(25)8-21(20)30-24/h2-3,6-11,19,22,32H,4-5,12,27H2,1H3,(H,29,30). The predicted molar refractivity (Wildman–Crippen MR) is 127 cm³/mol. The number of halogens is 2. The van der Waals surface area contributed by atoms with Crippen LogP contribution in [0.15, 0.2) is 48.8 Å². The molecular weight excluding hydrogens is 445 g/mol. The highest BCUT2D eigenvalue weighted by Crippen LogP contribution is 2.40. The third kappa shape index (κ3) is 4.13. The maximum Gasteiger partial charge on any atom is 0.142 e. The Morgan fingerprint density at radius 1 is 1.21 bits per heavy atom. The number of β-amino-alcohol motifs (C(OH)–C–C–N with tert-alkyl or cyclic N) is 1. The van der Waals surface area contributed by atoms with Crippen LogP contribution in [0.25, 0.3) is 33.5 Å². The number of nitrogens with one attached hydrogen (secondary N) is 1. The molecule has 9 heteroatoms. The Labute approximate surface area is 195 Å². The fraction of sp³-hybridized carbons (Fsp3) is 0.250. The highest BCUT2D eigenvalue weighted by Gasteiger charge is 2.29. The summed E-state index contributed by atoms with van der Waals surface area (Å²) in [5.41, 5.74) is 10.4. The zero-order valence-electron chi connectivity index (χ0n) is 17.9. The molecule has 2 atom stereocenters. The van der Waals surface area contributed by atoms with Gasteiger partial charge in [-0.3, -0.25) is 4.98 Å². The molecule has 1 aliphatic heterocycles. The number of aliphatic hydroxyl groups excluding tert-OH is 1. The number of ether oxygens (including phenoxy) is 1. The van der Waals surface area contributed by atoms with Crippen molar-refractivity contribution in [3.8, 4) is 28.3 Å². The molecule has 33 heavy (non-hydrogen) atoms. The van der Waals surface area contributed by atoms with Crippen LogP contribution in [0.4, 0.5) is 10.1 Å². The van der Waals surface area contributed by atoms with Crippen molar-refractivity contribution in [2.75, 3.05) is 25.1 Å². The predicted octanol–water partition coefficient (Wildman–Crippen LogP) is 3.99. The molecule has 2 unspecified atom stereocenters. The van der Waals surface area contributed by atoms with Gasteiger partial charge in [0.25, 0.3) is 0 Å². The lowest BCUT2D eigenvalue weighted by atomic mass is 9.97. The van der Waals surface area contributed by atoms with E-state index < -0.39 is 11.9 Å². The first-order valence-electron chi connectivity index (χ1n) is 10.6. The summed E-state index contributed by atoms with van der Waals surface area (Å²) >= 11 is 6.15. The van der Waals surface area contributed by atoms with E-state index in [2.05, 4.69) is 14.9 Å². The number of hydrogen-bond donors (Lipinski definition) is 3. The lowest BCUT2D eigenvalue weighted by Crippen LogP contribution is -2.50. The monoisotopic (exact) mass is 467 g/mol. The van der Waals surface area contributed by atoms with E-state index in [4.69, 9.17) is 27.1 Å². The van der Waals surface area contributed by atoms with Crippen molar-refractivity contribution < 1.29 is 14.2 Å². The molecule has 0 spiro atoms. The van der Waals surface area contributed by atoms with Crippen LogP contribution in [0.5, 0.6) is 5.75 Å². The Morgan fingerprint density at radius 2 is 2.03 bits per heavy atom. The average Bonchev–Trinajstić information content (AvgIpc) is 3.23. The van der Waals surface area contributed by atoms with Gasteiger partial charge in [-0.2, -0.15) is 0 Å². The van der Waals surface area contributed by atoms with E-state index in [1.807, 2.05) is 12.1 Å². The van der Waals surface area contributed by atoms with Gasteiger partial charge in [-0.05, 0) is 42.3 Å². The summed E-state index contributed by atoms with van der Waals surface area (Å²) in [6.07, 6.45) is 3.33. The molecule has 170 valence electrons. The van der Waals surface area contributed by atoms with Crippen molar-refractivity contribution in [1.82, 2.24) is 15.0 Å². The van der Waals surface area contributed by atoms with Gasteiger partial charge < -0.3 is 25.5 Å². The highest BCUT2D eigenvalue weighted by molar-refractivity contribution is 6.31. The molecule has 0 aliphatic carbocycles. The van der Waals surface area contributed by atoms with Crippen molar-refractivity contribution in [2.24, 2.45) is 5.73 Å². The van der Waals surface area contributed by atoms with E-state index in [0.717, 1.165) is 22.3 Å². The molecule has 2 aromatic heterocycles. The van der Waals surface area contributed by atoms with Crippen LogP contribution in [-0.4, -0.2) is 52.4 Å². The smallest absolute Gasteiger partial charge is 0.142 e. The van der Waals surface area contributed by atoms with Crippen LogP contribution in [0.2, 0.25) is 5.02 Å². The number of aromatic amines is 1. The van der Waals surface area contributed by atoms with Gasteiger partial charge in [0.15, 0.2) is 0 Å². The van der Waals surface area contributed by atoms with E-state index in [-0.39, 0.29) is 6.04 Å². The van der Waals surface area contributed by atoms with Gasteiger partial charge in [-0.15, -0.1) is 0 Å². The number of fused-ring (bicyclic) bond motifs is 1. The zero-order valence-corrected chi connectivity index (χ0v) is 18.7. The van der Waals surface area contributed by atoms with Gasteiger partial charge >= 0.3 is 0 Å². The van der Waals surface area contributed by atoms with Gasteiger partial charge in [-0.25, -0.2) is 9.37 Å². The fourth-order valence-electron chi connectivity index (χ4n) is 4.28. The summed E-state index contributed by atoms with van der Waals surface area (Å²) in [6.45, 7) is 0.963. The number of hydrogen-bond acceptors (Lipinski definition) is 6. The van der Waals surface area contributed by atoms with E-state index in [0.29, 0.717) is 47.2 Å². The Bertz CT molecular complexity index is 1330. The van der Waals surface area contributed by atoms with Crippen molar-refractivity contribution in [2.45, 2.75) is 18.6 Å². The third-order valence-corrected chi connectivity index (χ3v) is 6.22. The minimum Gasteiger partial charge on any atom is -0.497 e. The van der Waals surface area contributed by atoms with Gasteiger partial charge in [-0.1, -0.05) is 11.6 Å². The Balaban J connectivity index is 1.72. The fourth-order valence-corrected chi connectivity index (χ4v) is 4.45. The Kier molecular flexibility index (Phi) is 5.65. The first-order chi connectivity index (χ1) is 15.9. The lowest BCUT2D eigenvalue weighted by molar-refractivity contribution is 0.132. The molecule has 0 amide bonds. The van der Waals surface area contributed by atoms with E-state index in [1.165, 1.54) is 19.2 Å². The molecule has 3 heterocycles. The molecule has 0 saturated carbocycles. The molecule has 5 rings (SSSR count). The molecule has 1 aliphatic rings. The number of nitrogens with two attached hydrogens (primary N) is 1. The van der Waals surface area contributed by atoms with E-state index >= 15 is 0 Å². The number of aromatic nitrogens is 3. The Morgan fingerprint density at radius 3 is 2.82 bits per heavy atom. The van der Waals surface area contributed by atoms with Crippen molar-refractivity contribution in [3.63, 3.8) is 0 Å². The average molecular weight is 468 g/mol. The maximum absolute atomic E-state index is 14.4. The van der Waals surface area contributed by atoms with Crippen molar-refractivity contribution in [3.05, 3.63) is 59.6 Å². The Hall–Kier alpha value is -3.20. The molecule has 0 bridgehead atoms. The van der Waals surface area contributed by atoms with Gasteiger partial charge in [0.05, 0.1) is 35.5 Å². The summed E-state index contributed by atoms with van der Waals surface area (Å²) in [4.78, 5) is 14.5. The second kappa shape index (κ2) is 8.62. The van der Waals surface area contributed by atoms with E-state index in [9.17, 15) is 9.50 Å². The molecule has 2 aromatic carbocycles. The highest BCUT2D eigenvalue weighted by atomic mass is 35.5. The van der Waals surface area contributed by atoms with Gasteiger partial charge in [0.2, 0.25) is 0 Å². The van der Waals surface area contributed by atoms with Crippen LogP contribution >= 0.6 is 11.6 Å². The first kappa shape index (κ1) is 21.6. The lowest BCUT2D eigenvalue weighted by Gasteiger charge is -2.37. The minimum atomic E-state index is -0.691. The second-order valence-electron chi connectivity index (χ2n) is 8.18. The van der Waals surface area contributed by atoms with Crippen LogP contribution in [-0.2, 0) is 0 Å². The molecule has 7 nitrogen and oxygen atoms in total. The number of rotatable bonds is 4. The number of imidazole rings is 1. The summed E-state index contributed by atoms with van der Waals surface area (Å²) < 4.78 is 19.7. The first-order valence-corrected chi connectivity index (χ1v) is 11.0. The molecule has 1 saturated heterocycles. The largest absolute Gasteiger partial charge is 0.497 e. The number of methoxy groups -OCH3 is 1.